The van der Waals surface area contributed by atoms with Crippen LogP contribution in [0.15, 0.2) is 16.6 Å². The Kier molecular flexibility index (Phi) is 3.36. The highest BCUT2D eigenvalue weighted by Crippen LogP contribution is 2.53. The van der Waals surface area contributed by atoms with E-state index in [0.29, 0.717) is 16.6 Å². The van der Waals surface area contributed by atoms with Crippen molar-refractivity contribution >= 4 is 15.9 Å². The van der Waals surface area contributed by atoms with Crippen molar-refractivity contribution in [3.05, 3.63) is 27.7 Å². The molecule has 18 heavy (non-hydrogen) atoms. The van der Waals surface area contributed by atoms with Gasteiger partial charge in [-0.3, -0.25) is 0 Å². The first-order valence-electron chi connectivity index (χ1n) is 5.49. The topological polar surface area (TPSA) is 35.2 Å². The van der Waals surface area contributed by atoms with Gasteiger partial charge in [0, 0.05) is 22.0 Å². The average Bonchev–Trinajstić information content (AvgIpc) is 3.07. The Morgan fingerprint density at radius 1 is 1.39 bits per heavy atom. The minimum Gasteiger partial charge on any atom is -0.496 e. The molecule has 0 aromatic heterocycles. The van der Waals surface area contributed by atoms with E-state index in [4.69, 9.17) is 10.5 Å². The number of nitrogens with two attached hydrogens (primary N) is 1. The van der Waals surface area contributed by atoms with Gasteiger partial charge in [-0.2, -0.15) is 13.2 Å². The maximum absolute atomic E-state index is 13.0. The Morgan fingerprint density at radius 3 is 2.39 bits per heavy atom. The SMILES string of the molecule is COc1c(C(F)(F)F)cc(Br)cc1C1(CN)CC1. The molecule has 1 fully saturated rings. The molecule has 1 saturated carbocycles. The first kappa shape index (κ1) is 13.7. The quantitative estimate of drug-likeness (QED) is 0.924. The van der Waals surface area contributed by atoms with E-state index in [2.05, 4.69) is 15.9 Å². The minimum atomic E-state index is -4.44. The van der Waals surface area contributed by atoms with E-state index in [0.717, 1.165) is 18.9 Å². The van der Waals surface area contributed by atoms with E-state index < -0.39 is 11.7 Å². The summed E-state index contributed by atoms with van der Waals surface area (Å²) in [5.74, 6) is -0.103. The van der Waals surface area contributed by atoms with Crippen LogP contribution in [0.5, 0.6) is 5.75 Å². The lowest BCUT2D eigenvalue weighted by Crippen LogP contribution is -2.22. The highest BCUT2D eigenvalue weighted by molar-refractivity contribution is 9.10. The normalized spacial score (nSPS) is 17.7. The van der Waals surface area contributed by atoms with Crippen molar-refractivity contribution in [2.45, 2.75) is 24.4 Å². The molecule has 1 aromatic rings. The predicted octanol–water partition coefficient (Wildman–Crippen LogP) is 3.47. The molecule has 0 unspecified atom stereocenters. The number of ether oxygens (including phenoxy) is 1. The summed E-state index contributed by atoms with van der Waals surface area (Å²) in [6, 6.07) is 2.71. The molecule has 2 rings (SSSR count). The Balaban J connectivity index is 2.63. The van der Waals surface area contributed by atoms with E-state index >= 15 is 0 Å². The summed E-state index contributed by atoms with van der Waals surface area (Å²) in [4.78, 5) is 0. The first-order valence-corrected chi connectivity index (χ1v) is 6.28. The van der Waals surface area contributed by atoms with Crippen LogP contribution in [0.4, 0.5) is 13.2 Å². The summed E-state index contributed by atoms with van der Waals surface area (Å²) in [6.07, 6.45) is -2.84. The first-order chi connectivity index (χ1) is 8.34. The molecule has 0 atom stereocenters. The van der Waals surface area contributed by atoms with Gasteiger partial charge in [0.2, 0.25) is 0 Å². The van der Waals surface area contributed by atoms with Gasteiger partial charge in [0.1, 0.15) is 5.75 Å². The Morgan fingerprint density at radius 2 is 2.00 bits per heavy atom. The fourth-order valence-electron chi connectivity index (χ4n) is 2.15. The largest absolute Gasteiger partial charge is 0.496 e. The fraction of sp³-hybridized carbons (Fsp3) is 0.500. The molecule has 1 aromatic carbocycles. The molecule has 0 amide bonds. The van der Waals surface area contributed by atoms with E-state index in [1.807, 2.05) is 0 Å². The van der Waals surface area contributed by atoms with Crippen LogP contribution in [0.25, 0.3) is 0 Å². The predicted molar refractivity (Wildman–Crippen MR) is 65.7 cm³/mol. The van der Waals surface area contributed by atoms with E-state index in [1.54, 1.807) is 6.07 Å². The molecule has 6 heteroatoms. The van der Waals surface area contributed by atoms with Crippen LogP contribution in [0.2, 0.25) is 0 Å². The zero-order valence-corrected chi connectivity index (χ0v) is 11.4. The molecule has 1 aliphatic rings. The number of alkyl halides is 3. The Labute approximate surface area is 111 Å². The summed E-state index contributed by atoms with van der Waals surface area (Å²) in [7, 11) is 1.26. The third-order valence-corrected chi connectivity index (χ3v) is 3.84. The van der Waals surface area contributed by atoms with Crippen molar-refractivity contribution in [1.82, 2.24) is 0 Å². The summed E-state index contributed by atoms with van der Waals surface area (Å²) in [5, 5.41) is 0. The lowest BCUT2D eigenvalue weighted by molar-refractivity contribution is -0.138. The second-order valence-corrected chi connectivity index (χ2v) is 5.43. The number of rotatable bonds is 3. The van der Waals surface area contributed by atoms with Crippen molar-refractivity contribution in [2.75, 3.05) is 13.7 Å². The fourth-order valence-corrected chi connectivity index (χ4v) is 2.61. The van der Waals surface area contributed by atoms with Crippen molar-refractivity contribution in [3.63, 3.8) is 0 Å². The van der Waals surface area contributed by atoms with Crippen LogP contribution in [0.3, 0.4) is 0 Å². The lowest BCUT2D eigenvalue weighted by atomic mass is 9.93. The van der Waals surface area contributed by atoms with Gasteiger partial charge < -0.3 is 10.5 Å². The molecule has 0 spiro atoms. The summed E-state index contributed by atoms with van der Waals surface area (Å²) in [6.45, 7) is 0.330. The molecule has 2 N–H and O–H groups in total. The molecular formula is C12H13BrF3NO. The van der Waals surface area contributed by atoms with Gasteiger partial charge in [-0.25, -0.2) is 0 Å². The third-order valence-electron chi connectivity index (χ3n) is 3.38. The number of halogens is 4. The van der Waals surface area contributed by atoms with Gasteiger partial charge in [0.25, 0.3) is 0 Å². The molecule has 0 heterocycles. The van der Waals surface area contributed by atoms with E-state index in [-0.39, 0.29) is 11.2 Å². The molecule has 0 radical (unpaired) electrons. The molecule has 100 valence electrons. The standard InChI is InChI=1S/C12H13BrF3NO/c1-18-10-8(11(6-17)2-3-11)4-7(13)5-9(10)12(14,15)16/h4-5H,2-3,6,17H2,1H3. The monoisotopic (exact) mass is 323 g/mol. The third kappa shape index (κ3) is 2.23. The zero-order chi connectivity index (χ0) is 13.6. The number of hydrogen-bond donors (Lipinski definition) is 1. The second-order valence-electron chi connectivity index (χ2n) is 4.52. The van der Waals surface area contributed by atoms with Gasteiger partial charge in [-0.15, -0.1) is 0 Å². The Hall–Kier alpha value is -0.750. The van der Waals surface area contributed by atoms with E-state index in [9.17, 15) is 13.2 Å². The maximum atomic E-state index is 13.0. The van der Waals surface area contributed by atoms with E-state index in [1.165, 1.54) is 7.11 Å². The van der Waals surface area contributed by atoms with Gasteiger partial charge in [0.15, 0.2) is 0 Å². The minimum absolute atomic E-state index is 0.103. The van der Waals surface area contributed by atoms with Crippen LogP contribution in [-0.4, -0.2) is 13.7 Å². The Bertz CT molecular complexity index is 469. The van der Waals surface area contributed by atoms with Crippen molar-refractivity contribution in [3.8, 4) is 5.75 Å². The van der Waals surface area contributed by atoms with Gasteiger partial charge in [-0.1, -0.05) is 15.9 Å². The molecular weight excluding hydrogens is 311 g/mol. The molecule has 0 aliphatic heterocycles. The van der Waals surface area contributed by atoms with Crippen molar-refractivity contribution < 1.29 is 17.9 Å². The van der Waals surface area contributed by atoms with Gasteiger partial charge >= 0.3 is 6.18 Å². The summed E-state index contributed by atoms with van der Waals surface area (Å²) in [5.41, 5.74) is 5.12. The van der Waals surface area contributed by atoms with Crippen LogP contribution in [0.1, 0.15) is 24.0 Å². The lowest BCUT2D eigenvalue weighted by Gasteiger charge is -2.21. The van der Waals surface area contributed by atoms with Crippen LogP contribution in [-0.2, 0) is 11.6 Å². The van der Waals surface area contributed by atoms with Crippen LogP contribution < -0.4 is 10.5 Å². The highest BCUT2D eigenvalue weighted by atomic mass is 79.9. The molecule has 0 bridgehead atoms. The maximum Gasteiger partial charge on any atom is 0.420 e. The number of methoxy groups -OCH3 is 1. The number of hydrogen-bond acceptors (Lipinski definition) is 2. The number of benzene rings is 1. The van der Waals surface area contributed by atoms with Gasteiger partial charge in [-0.05, 0) is 25.0 Å². The molecule has 1 aliphatic carbocycles. The van der Waals surface area contributed by atoms with Crippen LogP contribution >= 0.6 is 15.9 Å². The van der Waals surface area contributed by atoms with Crippen LogP contribution in [0, 0.1) is 0 Å². The molecule has 2 nitrogen and oxygen atoms in total. The second kappa shape index (κ2) is 4.42. The van der Waals surface area contributed by atoms with Gasteiger partial charge in [0.05, 0.1) is 12.7 Å². The smallest absolute Gasteiger partial charge is 0.420 e. The molecule has 0 saturated heterocycles. The summed E-state index contributed by atoms with van der Waals surface area (Å²) < 4.78 is 44.3. The highest BCUT2D eigenvalue weighted by Gasteiger charge is 2.47. The summed E-state index contributed by atoms with van der Waals surface area (Å²) >= 11 is 3.12. The zero-order valence-electron chi connectivity index (χ0n) is 9.77. The average molecular weight is 324 g/mol. The van der Waals surface area contributed by atoms with Crippen molar-refractivity contribution in [1.29, 1.82) is 0 Å². The van der Waals surface area contributed by atoms with Crippen molar-refractivity contribution in [2.24, 2.45) is 5.73 Å².